The second kappa shape index (κ2) is 6.05. The Morgan fingerprint density at radius 3 is 2.50 bits per heavy atom. The van der Waals surface area contributed by atoms with E-state index in [0.717, 1.165) is 17.8 Å². The first-order valence-electron chi connectivity index (χ1n) is 5.36. The van der Waals surface area contributed by atoms with E-state index in [4.69, 9.17) is 5.11 Å². The van der Waals surface area contributed by atoms with Crippen LogP contribution in [-0.2, 0) is 4.79 Å². The molecule has 1 aromatic rings. The van der Waals surface area contributed by atoms with Gasteiger partial charge in [0.05, 0.1) is 0 Å². The molecule has 0 aliphatic carbocycles. The lowest BCUT2D eigenvalue weighted by Gasteiger charge is -2.05. The van der Waals surface area contributed by atoms with Crippen LogP contribution in [0.25, 0.3) is 0 Å². The van der Waals surface area contributed by atoms with Crippen LogP contribution in [0.3, 0.4) is 0 Å². The number of unbranched alkanes of at least 4 members (excludes halogenated alkanes) is 1. The Labute approximate surface area is 94.9 Å². The number of carbonyl (C=O) groups is 1. The van der Waals surface area contributed by atoms with E-state index in [-0.39, 0.29) is 6.42 Å². The van der Waals surface area contributed by atoms with Gasteiger partial charge in [0, 0.05) is 24.4 Å². The zero-order valence-electron chi connectivity index (χ0n) is 9.66. The lowest BCUT2D eigenvalue weighted by atomic mass is 10.2. The third-order valence-corrected chi connectivity index (χ3v) is 2.08. The molecule has 0 radical (unpaired) electrons. The first-order valence-corrected chi connectivity index (χ1v) is 5.36. The van der Waals surface area contributed by atoms with Gasteiger partial charge in [-0.15, -0.1) is 0 Å². The van der Waals surface area contributed by atoms with E-state index >= 15 is 0 Å². The standard InChI is InChI=1S/C11H17N3O2/c1-8-7-9(2)14-11(13-8)12-6-4-3-5-10(15)16/h7H,3-6H2,1-2H3,(H,15,16)(H,12,13,14). The number of carboxylic acid groups (broad SMARTS) is 1. The summed E-state index contributed by atoms with van der Waals surface area (Å²) in [5.41, 5.74) is 1.86. The predicted molar refractivity (Wildman–Crippen MR) is 61.5 cm³/mol. The third kappa shape index (κ3) is 4.72. The van der Waals surface area contributed by atoms with Gasteiger partial charge >= 0.3 is 5.97 Å². The number of aromatic nitrogens is 2. The van der Waals surface area contributed by atoms with Crippen molar-refractivity contribution in [2.45, 2.75) is 33.1 Å². The van der Waals surface area contributed by atoms with Gasteiger partial charge in [-0.05, 0) is 32.8 Å². The van der Waals surface area contributed by atoms with Crippen LogP contribution in [-0.4, -0.2) is 27.6 Å². The number of hydrogen-bond donors (Lipinski definition) is 2. The molecular weight excluding hydrogens is 206 g/mol. The number of aliphatic carboxylic acids is 1. The monoisotopic (exact) mass is 223 g/mol. The molecule has 5 nitrogen and oxygen atoms in total. The van der Waals surface area contributed by atoms with Gasteiger partial charge in [-0.25, -0.2) is 9.97 Å². The topological polar surface area (TPSA) is 75.1 Å². The molecule has 0 aromatic carbocycles. The van der Waals surface area contributed by atoms with E-state index in [0.29, 0.717) is 18.9 Å². The smallest absolute Gasteiger partial charge is 0.303 e. The Bertz CT molecular complexity index is 346. The maximum absolute atomic E-state index is 10.3. The molecule has 0 unspecified atom stereocenters. The molecule has 1 aromatic heterocycles. The second-order valence-corrected chi connectivity index (χ2v) is 3.75. The maximum Gasteiger partial charge on any atom is 0.303 e. The van der Waals surface area contributed by atoms with Crippen LogP contribution in [0.4, 0.5) is 5.95 Å². The van der Waals surface area contributed by atoms with E-state index in [1.807, 2.05) is 19.9 Å². The number of anilines is 1. The highest BCUT2D eigenvalue weighted by atomic mass is 16.4. The van der Waals surface area contributed by atoms with Gasteiger partial charge in [-0.2, -0.15) is 0 Å². The minimum Gasteiger partial charge on any atom is -0.481 e. The summed E-state index contributed by atoms with van der Waals surface area (Å²) >= 11 is 0. The molecule has 0 saturated carbocycles. The fourth-order valence-corrected chi connectivity index (χ4v) is 1.41. The maximum atomic E-state index is 10.3. The van der Waals surface area contributed by atoms with Crippen molar-refractivity contribution >= 4 is 11.9 Å². The van der Waals surface area contributed by atoms with E-state index in [1.165, 1.54) is 0 Å². The summed E-state index contributed by atoms with van der Waals surface area (Å²) in [6, 6.07) is 1.91. The summed E-state index contributed by atoms with van der Waals surface area (Å²) in [6.07, 6.45) is 1.70. The second-order valence-electron chi connectivity index (χ2n) is 3.75. The normalized spacial score (nSPS) is 10.1. The van der Waals surface area contributed by atoms with Crippen molar-refractivity contribution in [2.24, 2.45) is 0 Å². The first kappa shape index (κ1) is 12.4. The lowest BCUT2D eigenvalue weighted by Crippen LogP contribution is -2.07. The molecule has 0 amide bonds. The summed E-state index contributed by atoms with van der Waals surface area (Å²) in [6.45, 7) is 4.55. The molecule has 16 heavy (non-hydrogen) atoms. The average molecular weight is 223 g/mol. The highest BCUT2D eigenvalue weighted by Crippen LogP contribution is 2.04. The van der Waals surface area contributed by atoms with Crippen molar-refractivity contribution < 1.29 is 9.90 Å². The Morgan fingerprint density at radius 1 is 1.31 bits per heavy atom. The molecule has 0 fully saturated rings. The van der Waals surface area contributed by atoms with Crippen LogP contribution in [0.1, 0.15) is 30.7 Å². The highest BCUT2D eigenvalue weighted by molar-refractivity contribution is 5.66. The molecule has 2 N–H and O–H groups in total. The number of rotatable bonds is 6. The quantitative estimate of drug-likeness (QED) is 0.719. The molecule has 0 aliphatic heterocycles. The van der Waals surface area contributed by atoms with E-state index in [2.05, 4.69) is 15.3 Å². The van der Waals surface area contributed by atoms with Crippen molar-refractivity contribution in [2.75, 3.05) is 11.9 Å². The summed E-state index contributed by atoms with van der Waals surface area (Å²) in [5.74, 6) is -0.129. The number of nitrogens with zero attached hydrogens (tertiary/aromatic N) is 2. The van der Waals surface area contributed by atoms with Crippen LogP contribution in [0, 0.1) is 13.8 Å². The zero-order valence-corrected chi connectivity index (χ0v) is 9.66. The first-order chi connectivity index (χ1) is 7.58. The van der Waals surface area contributed by atoms with Gasteiger partial charge in [0.15, 0.2) is 0 Å². The van der Waals surface area contributed by atoms with E-state index in [9.17, 15) is 4.79 Å². The Hall–Kier alpha value is -1.65. The zero-order chi connectivity index (χ0) is 12.0. The molecule has 0 spiro atoms. The van der Waals surface area contributed by atoms with Crippen LogP contribution in [0.5, 0.6) is 0 Å². The summed E-state index contributed by atoms with van der Waals surface area (Å²) in [7, 11) is 0. The minimum absolute atomic E-state index is 0.218. The van der Waals surface area contributed by atoms with Crippen LogP contribution in [0.15, 0.2) is 6.07 Å². The Morgan fingerprint density at radius 2 is 1.94 bits per heavy atom. The summed E-state index contributed by atoms with van der Waals surface area (Å²) < 4.78 is 0. The molecule has 88 valence electrons. The molecule has 0 bridgehead atoms. The van der Waals surface area contributed by atoms with Crippen LogP contribution >= 0.6 is 0 Å². The molecule has 0 aliphatic rings. The number of hydrogen-bond acceptors (Lipinski definition) is 4. The van der Waals surface area contributed by atoms with Crippen molar-refractivity contribution in [1.82, 2.24) is 9.97 Å². The van der Waals surface area contributed by atoms with Crippen molar-refractivity contribution in [1.29, 1.82) is 0 Å². The minimum atomic E-state index is -0.748. The predicted octanol–water partition coefficient (Wildman–Crippen LogP) is 1.76. The van der Waals surface area contributed by atoms with E-state index in [1.54, 1.807) is 0 Å². The van der Waals surface area contributed by atoms with Gasteiger partial charge in [0.1, 0.15) is 0 Å². The molecular formula is C11H17N3O2. The van der Waals surface area contributed by atoms with Gasteiger partial charge in [-0.3, -0.25) is 4.79 Å². The highest BCUT2D eigenvalue weighted by Gasteiger charge is 1.99. The number of carboxylic acids is 1. The number of nitrogens with one attached hydrogen (secondary N) is 1. The van der Waals surface area contributed by atoms with E-state index < -0.39 is 5.97 Å². The van der Waals surface area contributed by atoms with Crippen LogP contribution < -0.4 is 5.32 Å². The Balaban J connectivity index is 2.29. The van der Waals surface area contributed by atoms with Gasteiger partial charge in [-0.1, -0.05) is 0 Å². The fourth-order valence-electron chi connectivity index (χ4n) is 1.41. The SMILES string of the molecule is Cc1cc(C)nc(NCCCCC(=O)O)n1. The molecule has 1 rings (SSSR count). The van der Waals surface area contributed by atoms with Crippen molar-refractivity contribution in [3.8, 4) is 0 Å². The van der Waals surface area contributed by atoms with Gasteiger partial charge in [0.2, 0.25) is 5.95 Å². The fraction of sp³-hybridized carbons (Fsp3) is 0.545. The molecule has 0 saturated heterocycles. The average Bonchev–Trinajstić information content (AvgIpc) is 2.15. The van der Waals surface area contributed by atoms with Crippen LogP contribution in [0.2, 0.25) is 0 Å². The summed E-state index contributed by atoms with van der Waals surface area (Å²) in [4.78, 5) is 18.7. The molecule has 0 atom stereocenters. The van der Waals surface area contributed by atoms with Crippen molar-refractivity contribution in [3.63, 3.8) is 0 Å². The number of aryl methyl sites for hydroxylation is 2. The summed E-state index contributed by atoms with van der Waals surface area (Å²) in [5, 5.41) is 11.5. The van der Waals surface area contributed by atoms with Gasteiger partial charge in [0.25, 0.3) is 0 Å². The van der Waals surface area contributed by atoms with Gasteiger partial charge < -0.3 is 10.4 Å². The molecule has 1 heterocycles. The van der Waals surface area contributed by atoms with Crippen molar-refractivity contribution in [3.05, 3.63) is 17.5 Å². The third-order valence-electron chi connectivity index (χ3n) is 2.08. The molecule has 5 heteroatoms. The largest absolute Gasteiger partial charge is 0.481 e. The lowest BCUT2D eigenvalue weighted by molar-refractivity contribution is -0.137. The Kier molecular flexibility index (Phi) is 4.69.